The summed E-state index contributed by atoms with van der Waals surface area (Å²) in [6, 6.07) is 14.4. The second kappa shape index (κ2) is 8.51. The number of carbonyl (C=O) groups excluding carboxylic acids is 2. The zero-order valence-electron chi connectivity index (χ0n) is 15.5. The molecule has 2 aromatic rings. The predicted octanol–water partition coefficient (Wildman–Crippen LogP) is 2.41. The molecule has 1 saturated heterocycles. The van der Waals surface area contributed by atoms with Crippen LogP contribution in [-0.2, 0) is 9.53 Å². The van der Waals surface area contributed by atoms with E-state index in [4.69, 9.17) is 4.74 Å². The van der Waals surface area contributed by atoms with Gasteiger partial charge < -0.3 is 14.5 Å². The number of hydrogen-bond acceptors (Lipinski definition) is 6. The molecule has 146 valence electrons. The fraction of sp³-hybridized carbons (Fsp3) is 0.300. The molecule has 0 aromatic heterocycles. The highest BCUT2D eigenvalue weighted by molar-refractivity contribution is 5.95. The van der Waals surface area contributed by atoms with Crippen molar-refractivity contribution in [3.63, 3.8) is 0 Å². The summed E-state index contributed by atoms with van der Waals surface area (Å²) in [5.41, 5.74) is 1.03. The maximum atomic E-state index is 12.4. The van der Waals surface area contributed by atoms with E-state index < -0.39 is 17.5 Å². The molecule has 0 bridgehead atoms. The first-order valence-electron chi connectivity index (χ1n) is 8.96. The molecule has 1 aliphatic rings. The molecule has 0 aliphatic carbocycles. The Morgan fingerprint density at radius 1 is 1.04 bits per heavy atom. The van der Waals surface area contributed by atoms with E-state index >= 15 is 0 Å². The Bertz CT molecular complexity index is 877. The molecule has 8 heteroatoms. The highest BCUT2D eigenvalue weighted by Gasteiger charge is 2.26. The lowest BCUT2D eigenvalue weighted by molar-refractivity contribution is -0.385. The largest absolute Gasteiger partial charge is 0.452 e. The van der Waals surface area contributed by atoms with Gasteiger partial charge in [-0.3, -0.25) is 14.9 Å². The van der Waals surface area contributed by atoms with Gasteiger partial charge in [0.05, 0.1) is 4.92 Å². The van der Waals surface area contributed by atoms with Crippen LogP contribution in [0.4, 0.5) is 11.4 Å². The van der Waals surface area contributed by atoms with E-state index in [1.807, 2.05) is 30.3 Å². The normalized spacial score (nSPS) is 13.9. The molecule has 0 atom stereocenters. The van der Waals surface area contributed by atoms with Gasteiger partial charge in [-0.05, 0) is 25.1 Å². The number of rotatable bonds is 5. The number of nitro benzene ring substituents is 1. The molecule has 8 nitrogen and oxygen atoms in total. The lowest BCUT2D eigenvalue weighted by Crippen LogP contribution is -2.49. The number of hydrogen-bond donors (Lipinski definition) is 0. The number of ether oxygens (including phenoxy) is 1. The summed E-state index contributed by atoms with van der Waals surface area (Å²) in [5, 5.41) is 11.2. The summed E-state index contributed by atoms with van der Waals surface area (Å²) in [4.78, 5) is 39.0. The van der Waals surface area contributed by atoms with Crippen molar-refractivity contribution in [2.45, 2.75) is 6.92 Å². The lowest BCUT2D eigenvalue weighted by Gasteiger charge is -2.36. The Kier molecular flexibility index (Phi) is 5.88. The Balaban J connectivity index is 1.55. The molecule has 0 N–H and O–H groups in total. The van der Waals surface area contributed by atoms with Gasteiger partial charge in [0.15, 0.2) is 6.61 Å². The molecule has 1 heterocycles. The number of nitro groups is 1. The lowest BCUT2D eigenvalue weighted by atomic mass is 10.1. The van der Waals surface area contributed by atoms with Crippen molar-refractivity contribution >= 4 is 23.3 Å². The molecule has 1 fully saturated rings. The van der Waals surface area contributed by atoms with Crippen molar-refractivity contribution in [1.29, 1.82) is 0 Å². The molecule has 2 aromatic carbocycles. The zero-order valence-corrected chi connectivity index (χ0v) is 15.5. The maximum absolute atomic E-state index is 12.4. The van der Waals surface area contributed by atoms with Crippen LogP contribution in [0.5, 0.6) is 0 Å². The number of carbonyl (C=O) groups is 2. The van der Waals surface area contributed by atoms with Crippen LogP contribution < -0.4 is 4.90 Å². The van der Waals surface area contributed by atoms with Crippen molar-refractivity contribution in [1.82, 2.24) is 4.90 Å². The van der Waals surface area contributed by atoms with Crippen molar-refractivity contribution in [3.8, 4) is 0 Å². The van der Waals surface area contributed by atoms with E-state index in [9.17, 15) is 19.7 Å². The van der Waals surface area contributed by atoms with E-state index in [1.165, 1.54) is 6.07 Å². The first-order valence-corrected chi connectivity index (χ1v) is 8.96. The summed E-state index contributed by atoms with van der Waals surface area (Å²) in [7, 11) is 0. The van der Waals surface area contributed by atoms with E-state index in [1.54, 1.807) is 24.0 Å². The van der Waals surface area contributed by atoms with Crippen molar-refractivity contribution in [2.75, 3.05) is 37.7 Å². The van der Waals surface area contributed by atoms with Gasteiger partial charge in [-0.1, -0.05) is 30.3 Å². The maximum Gasteiger partial charge on any atom is 0.345 e. The third-order valence-electron chi connectivity index (χ3n) is 4.72. The van der Waals surface area contributed by atoms with Crippen LogP contribution in [0.3, 0.4) is 0 Å². The summed E-state index contributed by atoms with van der Waals surface area (Å²) in [6.45, 7) is 3.54. The summed E-state index contributed by atoms with van der Waals surface area (Å²) >= 11 is 0. The smallest absolute Gasteiger partial charge is 0.345 e. The Morgan fingerprint density at radius 3 is 2.36 bits per heavy atom. The number of amides is 1. The van der Waals surface area contributed by atoms with Crippen LogP contribution in [0.25, 0.3) is 0 Å². The van der Waals surface area contributed by atoms with Crippen LogP contribution in [0, 0.1) is 17.0 Å². The van der Waals surface area contributed by atoms with Gasteiger partial charge in [-0.15, -0.1) is 0 Å². The van der Waals surface area contributed by atoms with Gasteiger partial charge in [0, 0.05) is 37.4 Å². The number of anilines is 1. The SMILES string of the molecule is Cc1cccc(C(=O)OCC(=O)N2CCN(c3ccccc3)CC2)c1[N+](=O)[O-]. The average Bonchev–Trinajstić information content (AvgIpc) is 2.72. The third kappa shape index (κ3) is 4.28. The number of piperazine rings is 1. The first-order chi connectivity index (χ1) is 13.5. The molecule has 3 rings (SSSR count). The van der Waals surface area contributed by atoms with Crippen LogP contribution in [-0.4, -0.2) is 54.5 Å². The predicted molar refractivity (Wildman–Crippen MR) is 103 cm³/mol. The van der Waals surface area contributed by atoms with Gasteiger partial charge in [-0.2, -0.15) is 0 Å². The number of aryl methyl sites for hydroxylation is 1. The minimum absolute atomic E-state index is 0.147. The highest BCUT2D eigenvalue weighted by Crippen LogP contribution is 2.23. The fourth-order valence-corrected chi connectivity index (χ4v) is 3.22. The van der Waals surface area contributed by atoms with Gasteiger partial charge in [0.1, 0.15) is 5.56 Å². The molecule has 1 amide bonds. The molecule has 28 heavy (non-hydrogen) atoms. The molecule has 1 aliphatic heterocycles. The van der Waals surface area contributed by atoms with E-state index in [0.29, 0.717) is 31.7 Å². The standard InChI is InChI=1S/C20H21N3O5/c1-15-6-5-9-17(19(15)23(26)27)20(25)28-14-18(24)22-12-10-21(11-13-22)16-7-3-2-4-8-16/h2-9H,10-14H2,1H3. The topological polar surface area (TPSA) is 93.0 Å². The average molecular weight is 383 g/mol. The minimum Gasteiger partial charge on any atom is -0.452 e. The number of para-hydroxylation sites is 2. The summed E-state index contributed by atoms with van der Waals surface area (Å²) < 4.78 is 5.05. The van der Waals surface area contributed by atoms with Crippen LogP contribution >= 0.6 is 0 Å². The first kappa shape index (κ1) is 19.3. The van der Waals surface area contributed by atoms with Crippen LogP contribution in [0.15, 0.2) is 48.5 Å². The Hall–Kier alpha value is -3.42. The quantitative estimate of drug-likeness (QED) is 0.447. The molecular formula is C20H21N3O5. The third-order valence-corrected chi connectivity index (χ3v) is 4.72. The van der Waals surface area contributed by atoms with E-state index in [2.05, 4.69) is 4.90 Å². The van der Waals surface area contributed by atoms with Crippen molar-refractivity contribution < 1.29 is 19.2 Å². The van der Waals surface area contributed by atoms with Gasteiger partial charge in [-0.25, -0.2) is 4.79 Å². The van der Waals surface area contributed by atoms with Crippen LogP contribution in [0.2, 0.25) is 0 Å². The van der Waals surface area contributed by atoms with Gasteiger partial charge in [0.25, 0.3) is 11.6 Å². The Morgan fingerprint density at radius 2 is 1.71 bits per heavy atom. The highest BCUT2D eigenvalue weighted by atomic mass is 16.6. The van der Waals surface area contributed by atoms with Crippen molar-refractivity contribution in [2.24, 2.45) is 0 Å². The summed E-state index contributed by atoms with van der Waals surface area (Å²) in [5.74, 6) is -1.18. The number of esters is 1. The zero-order chi connectivity index (χ0) is 20.1. The van der Waals surface area contributed by atoms with Gasteiger partial charge in [0.2, 0.25) is 0 Å². The molecule has 0 saturated carbocycles. The monoisotopic (exact) mass is 383 g/mol. The van der Waals surface area contributed by atoms with Crippen LogP contribution in [0.1, 0.15) is 15.9 Å². The molecule has 0 spiro atoms. The second-order valence-electron chi connectivity index (χ2n) is 6.51. The Labute approximate surface area is 162 Å². The van der Waals surface area contributed by atoms with E-state index in [-0.39, 0.29) is 17.2 Å². The molecule has 0 unspecified atom stereocenters. The second-order valence-corrected chi connectivity index (χ2v) is 6.51. The summed E-state index contributed by atoms with van der Waals surface area (Å²) in [6.07, 6.45) is 0. The minimum atomic E-state index is -0.869. The van der Waals surface area contributed by atoms with E-state index in [0.717, 1.165) is 5.69 Å². The molecule has 0 radical (unpaired) electrons. The van der Waals surface area contributed by atoms with Gasteiger partial charge >= 0.3 is 5.97 Å². The number of benzene rings is 2. The fourth-order valence-electron chi connectivity index (χ4n) is 3.22. The molecular weight excluding hydrogens is 362 g/mol. The number of nitrogens with zero attached hydrogens (tertiary/aromatic N) is 3. The van der Waals surface area contributed by atoms with Crippen molar-refractivity contribution in [3.05, 3.63) is 69.8 Å².